The number of benzene rings is 8. The highest BCUT2D eigenvalue weighted by atomic mass is 15.0. The zero-order valence-corrected chi connectivity index (χ0v) is 28.8. The van der Waals surface area contributed by atoms with Gasteiger partial charge in [0.1, 0.15) is 0 Å². The van der Waals surface area contributed by atoms with E-state index in [0.29, 0.717) is 17.5 Å². The molecule has 0 saturated heterocycles. The topological polar surface area (TPSA) is 43.6 Å². The Labute approximate surface area is 307 Å². The second-order valence-electron chi connectivity index (χ2n) is 13.2. The van der Waals surface area contributed by atoms with Gasteiger partial charge in [0, 0.05) is 33.0 Å². The summed E-state index contributed by atoms with van der Waals surface area (Å²) < 4.78 is 2.40. The third-order valence-corrected chi connectivity index (χ3v) is 10.1. The van der Waals surface area contributed by atoms with Crippen LogP contribution in [0.3, 0.4) is 0 Å². The van der Waals surface area contributed by atoms with Crippen LogP contribution in [0, 0.1) is 0 Å². The van der Waals surface area contributed by atoms with Crippen LogP contribution in [-0.4, -0.2) is 19.5 Å². The lowest BCUT2D eigenvalue weighted by molar-refractivity contribution is 1.07. The van der Waals surface area contributed by atoms with Crippen molar-refractivity contribution >= 4 is 32.6 Å². The van der Waals surface area contributed by atoms with Gasteiger partial charge in [0.2, 0.25) is 0 Å². The average molecular weight is 677 g/mol. The molecule has 53 heavy (non-hydrogen) atoms. The molecule has 0 spiro atoms. The maximum atomic E-state index is 5.19. The first-order valence-corrected chi connectivity index (χ1v) is 17.9. The van der Waals surface area contributed by atoms with Gasteiger partial charge in [-0.2, -0.15) is 0 Å². The number of rotatable bonds is 6. The first-order chi connectivity index (χ1) is 26.3. The molecule has 0 aliphatic heterocycles. The molecule has 8 aromatic carbocycles. The lowest BCUT2D eigenvalue weighted by atomic mass is 9.97. The van der Waals surface area contributed by atoms with Crippen molar-refractivity contribution in [3.05, 3.63) is 194 Å². The predicted octanol–water partition coefficient (Wildman–Crippen LogP) is 12.5. The Bertz CT molecular complexity index is 2950. The molecule has 2 heterocycles. The highest BCUT2D eigenvalue weighted by molar-refractivity contribution is 6.11. The van der Waals surface area contributed by atoms with Crippen LogP contribution in [0.25, 0.3) is 94.7 Å². The fraction of sp³-hybridized carbons (Fsp3) is 0. The van der Waals surface area contributed by atoms with Gasteiger partial charge in [-0.3, -0.25) is 0 Å². The summed E-state index contributed by atoms with van der Waals surface area (Å²) in [6.07, 6.45) is 0. The van der Waals surface area contributed by atoms with Crippen molar-refractivity contribution in [2.75, 3.05) is 0 Å². The van der Waals surface area contributed by atoms with Crippen LogP contribution in [0.5, 0.6) is 0 Å². The highest BCUT2D eigenvalue weighted by Crippen LogP contribution is 2.40. The summed E-state index contributed by atoms with van der Waals surface area (Å²) in [6, 6.07) is 68.1. The second kappa shape index (κ2) is 12.9. The second-order valence-corrected chi connectivity index (χ2v) is 13.2. The van der Waals surface area contributed by atoms with Crippen molar-refractivity contribution in [3.8, 4) is 62.1 Å². The zero-order valence-electron chi connectivity index (χ0n) is 28.8. The minimum absolute atomic E-state index is 0.627. The predicted molar refractivity (Wildman–Crippen MR) is 219 cm³/mol. The Morgan fingerprint density at radius 1 is 0.302 bits per heavy atom. The first kappa shape index (κ1) is 30.6. The van der Waals surface area contributed by atoms with E-state index in [1.807, 2.05) is 18.2 Å². The molecule has 0 saturated carbocycles. The molecule has 0 bridgehead atoms. The van der Waals surface area contributed by atoms with Gasteiger partial charge < -0.3 is 4.57 Å². The largest absolute Gasteiger partial charge is 0.309 e. The van der Waals surface area contributed by atoms with Crippen LogP contribution in [0.4, 0.5) is 0 Å². The number of hydrogen-bond donors (Lipinski definition) is 0. The van der Waals surface area contributed by atoms with Crippen LogP contribution in [-0.2, 0) is 0 Å². The minimum Gasteiger partial charge on any atom is -0.309 e. The van der Waals surface area contributed by atoms with Crippen LogP contribution >= 0.6 is 0 Å². The Kier molecular flexibility index (Phi) is 7.43. The van der Waals surface area contributed by atoms with Crippen molar-refractivity contribution in [2.45, 2.75) is 0 Å². The summed E-state index contributed by atoms with van der Waals surface area (Å²) in [7, 11) is 0. The van der Waals surface area contributed by atoms with E-state index in [0.717, 1.165) is 49.9 Å². The van der Waals surface area contributed by atoms with Crippen LogP contribution < -0.4 is 0 Å². The Hall–Kier alpha value is -7.17. The van der Waals surface area contributed by atoms with Gasteiger partial charge in [-0.05, 0) is 57.8 Å². The smallest absolute Gasteiger partial charge is 0.164 e. The molecule has 0 aliphatic carbocycles. The molecule has 0 radical (unpaired) electrons. The molecular weight excluding hydrogens is 645 g/mol. The van der Waals surface area contributed by atoms with E-state index in [4.69, 9.17) is 15.0 Å². The molecule has 10 aromatic rings. The van der Waals surface area contributed by atoms with E-state index < -0.39 is 0 Å². The maximum Gasteiger partial charge on any atom is 0.164 e. The molecule has 0 unspecified atom stereocenters. The van der Waals surface area contributed by atoms with E-state index in [1.54, 1.807) is 0 Å². The van der Waals surface area contributed by atoms with Crippen LogP contribution in [0.15, 0.2) is 194 Å². The summed E-state index contributed by atoms with van der Waals surface area (Å²) in [4.78, 5) is 15.4. The van der Waals surface area contributed by atoms with Gasteiger partial charge in [0.15, 0.2) is 17.5 Å². The summed E-state index contributed by atoms with van der Waals surface area (Å²) in [5.74, 6) is 1.90. The molecule has 0 aliphatic rings. The molecule has 0 atom stereocenters. The van der Waals surface area contributed by atoms with Gasteiger partial charge in [-0.1, -0.05) is 164 Å². The number of aromatic nitrogens is 4. The van der Waals surface area contributed by atoms with Crippen molar-refractivity contribution < 1.29 is 0 Å². The van der Waals surface area contributed by atoms with Crippen molar-refractivity contribution in [3.63, 3.8) is 0 Å². The normalized spacial score (nSPS) is 11.4. The summed E-state index contributed by atoms with van der Waals surface area (Å²) in [6.45, 7) is 0. The molecule has 2 aromatic heterocycles. The Balaban J connectivity index is 1.18. The number of para-hydroxylation sites is 2. The van der Waals surface area contributed by atoms with Crippen molar-refractivity contribution in [1.29, 1.82) is 0 Å². The molecule has 10 rings (SSSR count). The third-order valence-electron chi connectivity index (χ3n) is 10.1. The van der Waals surface area contributed by atoms with E-state index in [2.05, 4.69) is 180 Å². The number of hydrogen-bond acceptors (Lipinski definition) is 3. The summed E-state index contributed by atoms with van der Waals surface area (Å²) in [5, 5.41) is 4.75. The molecule has 248 valence electrons. The minimum atomic E-state index is 0.627. The van der Waals surface area contributed by atoms with Crippen molar-refractivity contribution in [2.24, 2.45) is 0 Å². The lowest BCUT2D eigenvalue weighted by Crippen LogP contribution is -2.02. The SMILES string of the molecule is c1ccc(-c2ccc3c(c2)c2ccccc2n3-c2ccccc2-c2ccccc2-c2nc(-c3ccccc3)nc(-c3ccc4ccccc4c3)n2)cc1. The standard InChI is InChI=1S/C49H32N4/c1-3-15-33(16-4-1)37-29-30-46-43(32-37)41-23-12-14-26-45(41)53(46)44-25-13-11-22-40(44)39-21-9-10-24-42(39)49-51-47(35-18-5-2-6-19-35)50-48(52-49)38-28-27-34-17-7-8-20-36(34)31-38/h1-32H. The molecular formula is C49H32N4. The molecule has 0 amide bonds. The zero-order chi connectivity index (χ0) is 35.1. The Morgan fingerprint density at radius 3 is 1.68 bits per heavy atom. The molecule has 4 heteroatoms. The highest BCUT2D eigenvalue weighted by Gasteiger charge is 2.20. The summed E-state index contributed by atoms with van der Waals surface area (Å²) in [5.41, 5.74) is 10.8. The quantitative estimate of drug-likeness (QED) is 0.176. The van der Waals surface area contributed by atoms with E-state index in [9.17, 15) is 0 Å². The summed E-state index contributed by atoms with van der Waals surface area (Å²) >= 11 is 0. The van der Waals surface area contributed by atoms with E-state index >= 15 is 0 Å². The van der Waals surface area contributed by atoms with Gasteiger partial charge in [-0.25, -0.2) is 15.0 Å². The van der Waals surface area contributed by atoms with Crippen molar-refractivity contribution in [1.82, 2.24) is 19.5 Å². The fourth-order valence-electron chi connectivity index (χ4n) is 7.52. The third kappa shape index (κ3) is 5.45. The number of fused-ring (bicyclic) bond motifs is 4. The van der Waals surface area contributed by atoms with Crippen LogP contribution in [0.1, 0.15) is 0 Å². The number of nitrogens with zero attached hydrogens (tertiary/aromatic N) is 4. The molecule has 0 N–H and O–H groups in total. The average Bonchev–Trinajstić information content (AvgIpc) is 3.57. The molecule has 0 fully saturated rings. The van der Waals surface area contributed by atoms with Gasteiger partial charge in [0.05, 0.1) is 16.7 Å². The monoisotopic (exact) mass is 676 g/mol. The fourth-order valence-corrected chi connectivity index (χ4v) is 7.52. The van der Waals surface area contributed by atoms with E-state index in [-0.39, 0.29) is 0 Å². The first-order valence-electron chi connectivity index (χ1n) is 17.9. The Morgan fingerprint density at radius 2 is 0.868 bits per heavy atom. The lowest BCUT2D eigenvalue weighted by Gasteiger charge is -2.17. The molecule has 4 nitrogen and oxygen atoms in total. The van der Waals surface area contributed by atoms with Gasteiger partial charge in [0.25, 0.3) is 0 Å². The van der Waals surface area contributed by atoms with E-state index in [1.165, 1.54) is 27.3 Å². The van der Waals surface area contributed by atoms with Crippen LogP contribution in [0.2, 0.25) is 0 Å². The maximum absolute atomic E-state index is 5.19. The van der Waals surface area contributed by atoms with Gasteiger partial charge >= 0.3 is 0 Å². The van der Waals surface area contributed by atoms with Gasteiger partial charge in [-0.15, -0.1) is 0 Å².